The van der Waals surface area contributed by atoms with Gasteiger partial charge in [0, 0.05) is 19.6 Å². The second-order valence-corrected chi connectivity index (χ2v) is 5.38. The van der Waals surface area contributed by atoms with Crippen LogP contribution in [0.25, 0.3) is 0 Å². The zero-order chi connectivity index (χ0) is 11.9. The van der Waals surface area contributed by atoms with E-state index in [1.54, 1.807) is 0 Å². The van der Waals surface area contributed by atoms with Gasteiger partial charge in [0.25, 0.3) is 10.2 Å². The number of hydrogen-bond donors (Lipinski definition) is 1. The van der Waals surface area contributed by atoms with Gasteiger partial charge in [-0.05, 0) is 5.92 Å². The van der Waals surface area contributed by atoms with E-state index < -0.39 is 10.2 Å². The van der Waals surface area contributed by atoms with Crippen LogP contribution >= 0.6 is 0 Å². The van der Waals surface area contributed by atoms with Crippen LogP contribution in [0.4, 0.5) is 0 Å². The molecule has 5 heteroatoms. The SMILES string of the molecule is CCC(CC)CNS(=O)(=O)N(CC)CC. The third kappa shape index (κ3) is 4.95. The minimum Gasteiger partial charge on any atom is -0.202 e. The third-order valence-corrected chi connectivity index (χ3v) is 4.48. The van der Waals surface area contributed by atoms with Crippen molar-refractivity contribution < 1.29 is 8.42 Å². The highest BCUT2D eigenvalue weighted by Gasteiger charge is 2.18. The fraction of sp³-hybridized carbons (Fsp3) is 1.00. The van der Waals surface area contributed by atoms with Gasteiger partial charge in [0.1, 0.15) is 0 Å². The first-order valence-corrected chi connectivity index (χ1v) is 7.20. The average molecular weight is 236 g/mol. The van der Waals surface area contributed by atoms with Gasteiger partial charge in [0.05, 0.1) is 0 Å². The highest BCUT2D eigenvalue weighted by Crippen LogP contribution is 2.06. The molecule has 0 aromatic carbocycles. The van der Waals surface area contributed by atoms with E-state index in [-0.39, 0.29) is 0 Å². The highest BCUT2D eigenvalue weighted by atomic mass is 32.2. The van der Waals surface area contributed by atoms with Gasteiger partial charge in [-0.25, -0.2) is 4.72 Å². The van der Waals surface area contributed by atoms with Crippen molar-refractivity contribution in [2.24, 2.45) is 5.92 Å². The molecule has 0 bridgehead atoms. The van der Waals surface area contributed by atoms with Gasteiger partial charge in [0.2, 0.25) is 0 Å². The van der Waals surface area contributed by atoms with Crippen molar-refractivity contribution in [2.45, 2.75) is 40.5 Å². The highest BCUT2D eigenvalue weighted by molar-refractivity contribution is 7.87. The van der Waals surface area contributed by atoms with Gasteiger partial charge >= 0.3 is 0 Å². The molecule has 0 radical (unpaired) electrons. The van der Waals surface area contributed by atoms with Crippen LogP contribution in [0.15, 0.2) is 0 Å². The predicted octanol–water partition coefficient (Wildman–Crippen LogP) is 1.60. The lowest BCUT2D eigenvalue weighted by Gasteiger charge is -2.21. The minimum absolute atomic E-state index is 0.440. The number of hydrogen-bond acceptors (Lipinski definition) is 2. The molecular weight excluding hydrogens is 212 g/mol. The summed E-state index contributed by atoms with van der Waals surface area (Å²) in [6, 6.07) is 0. The second kappa shape index (κ2) is 7.19. The first-order valence-electron chi connectivity index (χ1n) is 5.76. The maximum Gasteiger partial charge on any atom is 0.279 e. The lowest BCUT2D eigenvalue weighted by atomic mass is 10.0. The topological polar surface area (TPSA) is 49.4 Å². The normalized spacial score (nSPS) is 12.7. The fourth-order valence-electron chi connectivity index (χ4n) is 1.46. The Balaban J connectivity index is 4.25. The van der Waals surface area contributed by atoms with Crippen LogP contribution in [0.2, 0.25) is 0 Å². The van der Waals surface area contributed by atoms with Crippen molar-refractivity contribution in [1.82, 2.24) is 9.03 Å². The number of nitrogens with zero attached hydrogens (tertiary/aromatic N) is 1. The van der Waals surface area contributed by atoms with E-state index in [0.717, 1.165) is 12.8 Å². The molecule has 0 aliphatic rings. The van der Waals surface area contributed by atoms with E-state index >= 15 is 0 Å². The standard InChI is InChI=1S/C10H24N2O2S/c1-5-10(6-2)9-11-15(13,14)12(7-3)8-4/h10-11H,5-9H2,1-4H3. The number of nitrogens with one attached hydrogen (secondary N) is 1. The maximum absolute atomic E-state index is 11.7. The Kier molecular flexibility index (Phi) is 7.13. The first kappa shape index (κ1) is 14.9. The molecule has 4 nitrogen and oxygen atoms in total. The Bertz CT molecular complexity index is 244. The summed E-state index contributed by atoms with van der Waals surface area (Å²) in [5.74, 6) is 0.440. The zero-order valence-electron chi connectivity index (χ0n) is 10.3. The van der Waals surface area contributed by atoms with Gasteiger partial charge in [-0.1, -0.05) is 40.5 Å². The van der Waals surface area contributed by atoms with E-state index in [9.17, 15) is 8.42 Å². The fourth-order valence-corrected chi connectivity index (χ4v) is 2.76. The molecule has 0 saturated heterocycles. The summed E-state index contributed by atoms with van der Waals surface area (Å²) in [4.78, 5) is 0. The summed E-state index contributed by atoms with van der Waals surface area (Å²) in [6.07, 6.45) is 2.02. The second-order valence-electron chi connectivity index (χ2n) is 3.62. The van der Waals surface area contributed by atoms with Crippen molar-refractivity contribution in [2.75, 3.05) is 19.6 Å². The molecule has 0 amide bonds. The molecule has 0 atom stereocenters. The summed E-state index contributed by atoms with van der Waals surface area (Å²) in [7, 11) is -3.25. The molecule has 0 aromatic heterocycles. The first-order chi connectivity index (χ1) is 7.01. The molecule has 0 fully saturated rings. The van der Waals surface area contributed by atoms with Gasteiger partial charge in [-0.2, -0.15) is 12.7 Å². The molecule has 0 unspecified atom stereocenters. The molecule has 0 saturated carbocycles. The van der Waals surface area contributed by atoms with E-state index in [2.05, 4.69) is 18.6 Å². The van der Waals surface area contributed by atoms with Crippen LogP contribution in [0, 0.1) is 5.92 Å². The molecule has 15 heavy (non-hydrogen) atoms. The Morgan fingerprint density at radius 1 is 1.07 bits per heavy atom. The van der Waals surface area contributed by atoms with Crippen LogP contribution in [-0.2, 0) is 10.2 Å². The molecule has 0 heterocycles. The smallest absolute Gasteiger partial charge is 0.202 e. The Morgan fingerprint density at radius 3 is 1.87 bits per heavy atom. The van der Waals surface area contributed by atoms with Crippen LogP contribution < -0.4 is 4.72 Å². The summed E-state index contributed by atoms with van der Waals surface area (Å²) in [5.41, 5.74) is 0. The third-order valence-electron chi connectivity index (χ3n) is 2.75. The summed E-state index contributed by atoms with van der Waals surface area (Å²) >= 11 is 0. The van der Waals surface area contributed by atoms with E-state index in [4.69, 9.17) is 0 Å². The Hall–Kier alpha value is -0.130. The van der Waals surface area contributed by atoms with Crippen molar-refractivity contribution in [1.29, 1.82) is 0 Å². The van der Waals surface area contributed by atoms with Crippen molar-refractivity contribution in [3.63, 3.8) is 0 Å². The monoisotopic (exact) mass is 236 g/mol. The number of rotatable bonds is 8. The van der Waals surface area contributed by atoms with Crippen LogP contribution in [0.1, 0.15) is 40.5 Å². The molecule has 1 N–H and O–H groups in total. The molecule has 92 valence electrons. The molecule has 0 aromatic rings. The van der Waals surface area contributed by atoms with E-state index in [1.165, 1.54) is 4.31 Å². The van der Waals surface area contributed by atoms with Crippen molar-refractivity contribution >= 4 is 10.2 Å². The lowest BCUT2D eigenvalue weighted by Crippen LogP contribution is -2.42. The van der Waals surface area contributed by atoms with Crippen LogP contribution in [0.5, 0.6) is 0 Å². The van der Waals surface area contributed by atoms with Crippen molar-refractivity contribution in [3.05, 3.63) is 0 Å². The quantitative estimate of drug-likeness (QED) is 0.696. The largest absolute Gasteiger partial charge is 0.279 e. The van der Waals surface area contributed by atoms with Gasteiger partial charge < -0.3 is 0 Å². The van der Waals surface area contributed by atoms with E-state index in [0.29, 0.717) is 25.6 Å². The summed E-state index contributed by atoms with van der Waals surface area (Å²) in [5, 5.41) is 0. The Morgan fingerprint density at radius 2 is 1.53 bits per heavy atom. The average Bonchev–Trinajstić information content (AvgIpc) is 2.20. The van der Waals surface area contributed by atoms with Gasteiger partial charge in [-0.3, -0.25) is 0 Å². The molecule has 0 spiro atoms. The van der Waals surface area contributed by atoms with Crippen LogP contribution in [0.3, 0.4) is 0 Å². The Labute approximate surface area is 94.2 Å². The zero-order valence-corrected chi connectivity index (χ0v) is 11.1. The van der Waals surface area contributed by atoms with Crippen molar-refractivity contribution in [3.8, 4) is 0 Å². The van der Waals surface area contributed by atoms with Crippen LogP contribution in [-0.4, -0.2) is 32.4 Å². The lowest BCUT2D eigenvalue weighted by molar-refractivity contribution is 0.419. The van der Waals surface area contributed by atoms with E-state index in [1.807, 2.05) is 13.8 Å². The maximum atomic E-state index is 11.7. The molecular formula is C10H24N2O2S. The molecule has 0 rings (SSSR count). The van der Waals surface area contributed by atoms with Gasteiger partial charge in [-0.15, -0.1) is 0 Å². The minimum atomic E-state index is -3.25. The summed E-state index contributed by atoms with van der Waals surface area (Å²) in [6.45, 7) is 9.45. The predicted molar refractivity (Wildman–Crippen MR) is 63.9 cm³/mol. The van der Waals surface area contributed by atoms with Gasteiger partial charge in [0.15, 0.2) is 0 Å². The summed E-state index contributed by atoms with van der Waals surface area (Å²) < 4.78 is 27.6. The molecule has 0 aliphatic carbocycles. The molecule has 0 aliphatic heterocycles.